The van der Waals surface area contributed by atoms with Gasteiger partial charge in [0.1, 0.15) is 12.0 Å². The first kappa shape index (κ1) is 27.8. The number of unbranched alkanes of at least 4 members (excludes halogenated alkanes) is 1. The van der Waals surface area contributed by atoms with Crippen LogP contribution in [0, 0.1) is 5.41 Å². The summed E-state index contributed by atoms with van der Waals surface area (Å²) in [6.45, 7) is 14.1. The van der Waals surface area contributed by atoms with Crippen LogP contribution in [0.1, 0.15) is 57.1 Å². The molecular weight excluding hydrogens is 446 g/mol. The first-order valence-corrected chi connectivity index (χ1v) is 13.6. The molecule has 3 rings (SSSR count). The maximum Gasteiger partial charge on any atom is 0.114 e. The molecule has 0 saturated carbocycles. The van der Waals surface area contributed by atoms with Gasteiger partial charge < -0.3 is 25.8 Å². The third kappa shape index (κ3) is 8.71. The quantitative estimate of drug-likeness (QED) is 0.153. The summed E-state index contributed by atoms with van der Waals surface area (Å²) in [7, 11) is 1.87. The summed E-state index contributed by atoms with van der Waals surface area (Å²) in [5.74, 6) is 0.533. The van der Waals surface area contributed by atoms with Crippen LogP contribution in [0.25, 0.3) is 6.08 Å². The molecule has 1 aromatic carbocycles. The lowest BCUT2D eigenvalue weighted by molar-refractivity contribution is 0.261. The Labute approximate surface area is 218 Å². The van der Waals surface area contributed by atoms with E-state index in [2.05, 4.69) is 76.5 Å². The summed E-state index contributed by atoms with van der Waals surface area (Å²) in [6.07, 6.45) is 16.5. The zero-order valence-electron chi connectivity index (χ0n) is 22.6. The van der Waals surface area contributed by atoms with Gasteiger partial charge in [0.25, 0.3) is 0 Å². The van der Waals surface area contributed by atoms with Crippen LogP contribution < -0.4 is 16.0 Å². The second-order valence-electron chi connectivity index (χ2n) is 10.00. The highest BCUT2D eigenvalue weighted by atomic mass is 15.3. The molecule has 1 aromatic rings. The maximum absolute atomic E-state index is 8.41. The van der Waals surface area contributed by atoms with Crippen molar-refractivity contribution >= 4 is 17.6 Å². The van der Waals surface area contributed by atoms with E-state index in [-0.39, 0.29) is 6.17 Å². The van der Waals surface area contributed by atoms with Gasteiger partial charge in [-0.05, 0) is 81.2 Å². The van der Waals surface area contributed by atoms with Crippen LogP contribution in [0.4, 0.5) is 5.69 Å². The van der Waals surface area contributed by atoms with E-state index in [1.807, 2.05) is 19.4 Å². The molecule has 0 amide bonds. The lowest BCUT2D eigenvalue weighted by atomic mass is 9.99. The average molecular weight is 494 g/mol. The molecule has 0 aliphatic carbocycles. The van der Waals surface area contributed by atoms with Crippen LogP contribution in [-0.2, 0) is 6.54 Å². The molecule has 0 bridgehead atoms. The van der Waals surface area contributed by atoms with E-state index >= 15 is 0 Å². The number of nitrogens with one attached hydrogen (secondary N) is 4. The molecule has 0 radical (unpaired) electrons. The van der Waals surface area contributed by atoms with Crippen LogP contribution in [0.15, 0.2) is 49.5 Å². The smallest absolute Gasteiger partial charge is 0.114 e. The summed E-state index contributed by atoms with van der Waals surface area (Å²) < 4.78 is 0. The Bertz CT molecular complexity index is 880. The third-order valence-corrected chi connectivity index (χ3v) is 6.88. The Balaban J connectivity index is 1.53. The molecular formula is C29H47N7. The van der Waals surface area contributed by atoms with E-state index in [0.717, 1.165) is 13.1 Å². The molecule has 198 valence electrons. The van der Waals surface area contributed by atoms with E-state index in [1.54, 1.807) is 11.1 Å². The average Bonchev–Trinajstić information content (AvgIpc) is 3.39. The van der Waals surface area contributed by atoms with Gasteiger partial charge in [0, 0.05) is 44.3 Å². The van der Waals surface area contributed by atoms with Gasteiger partial charge in [0.15, 0.2) is 0 Å². The van der Waals surface area contributed by atoms with Gasteiger partial charge in [-0.2, -0.15) is 0 Å². The van der Waals surface area contributed by atoms with E-state index in [1.165, 1.54) is 68.6 Å². The van der Waals surface area contributed by atoms with Crippen molar-refractivity contribution < 1.29 is 0 Å². The number of nitrogens with zero attached hydrogens (tertiary/aromatic N) is 3. The minimum absolute atomic E-state index is 0.155. The number of benzene rings is 1. The van der Waals surface area contributed by atoms with E-state index in [0.29, 0.717) is 18.4 Å². The van der Waals surface area contributed by atoms with Gasteiger partial charge in [-0.25, -0.2) is 0 Å². The summed E-state index contributed by atoms with van der Waals surface area (Å²) >= 11 is 0. The summed E-state index contributed by atoms with van der Waals surface area (Å²) in [5, 5.41) is 18.8. The summed E-state index contributed by atoms with van der Waals surface area (Å²) in [5.41, 5.74) is 3.72. The monoisotopic (exact) mass is 493 g/mol. The molecule has 0 fully saturated rings. The minimum atomic E-state index is 0.155. The van der Waals surface area contributed by atoms with Crippen molar-refractivity contribution in [2.24, 2.45) is 0 Å². The van der Waals surface area contributed by atoms with Gasteiger partial charge in [-0.15, -0.1) is 0 Å². The van der Waals surface area contributed by atoms with E-state index < -0.39 is 0 Å². The van der Waals surface area contributed by atoms with Crippen molar-refractivity contribution in [1.29, 1.82) is 5.41 Å². The molecule has 0 saturated heterocycles. The van der Waals surface area contributed by atoms with Crippen LogP contribution in [0.3, 0.4) is 0 Å². The fraction of sp³-hybridized carbons (Fsp3) is 0.552. The Morgan fingerprint density at radius 2 is 1.81 bits per heavy atom. The highest BCUT2D eigenvalue weighted by Crippen LogP contribution is 2.26. The summed E-state index contributed by atoms with van der Waals surface area (Å²) in [6, 6.07) is 7.13. The van der Waals surface area contributed by atoms with E-state index in [9.17, 15) is 0 Å². The van der Waals surface area contributed by atoms with Gasteiger partial charge in [-0.1, -0.05) is 38.6 Å². The maximum atomic E-state index is 8.41. The molecule has 1 atom stereocenters. The van der Waals surface area contributed by atoms with Gasteiger partial charge in [0.05, 0.1) is 6.54 Å². The van der Waals surface area contributed by atoms with Gasteiger partial charge in [-0.3, -0.25) is 10.3 Å². The highest BCUT2D eigenvalue weighted by molar-refractivity contribution is 5.81. The van der Waals surface area contributed by atoms with Crippen molar-refractivity contribution in [2.75, 3.05) is 45.1 Å². The number of hydrogen-bond donors (Lipinski definition) is 4. The number of amidine groups is 1. The van der Waals surface area contributed by atoms with Crippen LogP contribution in [0.5, 0.6) is 0 Å². The third-order valence-electron chi connectivity index (χ3n) is 6.88. The van der Waals surface area contributed by atoms with Crippen LogP contribution in [-0.4, -0.2) is 72.5 Å². The molecule has 2 heterocycles. The molecule has 1 unspecified atom stereocenters. The zero-order valence-corrected chi connectivity index (χ0v) is 22.6. The Morgan fingerprint density at radius 3 is 2.50 bits per heavy atom. The van der Waals surface area contributed by atoms with Crippen molar-refractivity contribution in [1.82, 2.24) is 25.3 Å². The SMILES string of the molecule is C=CN(C)C(=N)CN(Cc1ccc2c(c1)C=CC(CCCCN(CCC)CCC)N2)CC1NC=CN1. The number of rotatable bonds is 16. The second kappa shape index (κ2) is 14.7. The molecule has 2 aliphatic heterocycles. The summed E-state index contributed by atoms with van der Waals surface area (Å²) in [4.78, 5) is 6.67. The molecule has 2 aliphatic rings. The topological polar surface area (TPSA) is 69.7 Å². The Kier molecular flexibility index (Phi) is 11.4. The number of fused-ring (bicyclic) bond motifs is 1. The standard InChI is InChI=1S/C29H47N7/c1-5-17-35(18-6-2)19-9-8-10-26-13-12-25-20-24(11-14-27(25)33-26)21-36(22-28(30)34(4)7-3)23-29-31-15-16-32-29/h7,11-16,20,26,29-33H,3,5-6,8-10,17-19,21-23H2,1-2,4H3. The molecule has 36 heavy (non-hydrogen) atoms. The number of anilines is 1. The first-order valence-electron chi connectivity index (χ1n) is 13.6. The number of hydrogen-bond acceptors (Lipinski definition) is 6. The molecule has 0 spiro atoms. The van der Waals surface area contributed by atoms with Crippen molar-refractivity contribution in [2.45, 2.75) is 64.7 Å². The predicted molar refractivity (Wildman–Crippen MR) is 154 cm³/mol. The van der Waals surface area contributed by atoms with Gasteiger partial charge >= 0.3 is 0 Å². The predicted octanol–water partition coefficient (Wildman–Crippen LogP) is 4.63. The Morgan fingerprint density at radius 1 is 1.06 bits per heavy atom. The molecule has 0 aromatic heterocycles. The van der Waals surface area contributed by atoms with Crippen LogP contribution >= 0.6 is 0 Å². The Hall–Kier alpha value is -2.77. The highest BCUT2D eigenvalue weighted by Gasteiger charge is 2.19. The van der Waals surface area contributed by atoms with Crippen molar-refractivity contribution in [3.63, 3.8) is 0 Å². The van der Waals surface area contributed by atoms with Crippen molar-refractivity contribution in [3.8, 4) is 0 Å². The molecule has 7 nitrogen and oxygen atoms in total. The van der Waals surface area contributed by atoms with Crippen molar-refractivity contribution in [3.05, 3.63) is 60.6 Å². The zero-order chi connectivity index (χ0) is 25.8. The fourth-order valence-electron chi connectivity index (χ4n) is 4.90. The largest absolute Gasteiger partial charge is 0.378 e. The lowest BCUT2D eigenvalue weighted by Gasteiger charge is -2.29. The fourth-order valence-corrected chi connectivity index (χ4v) is 4.90. The van der Waals surface area contributed by atoms with Gasteiger partial charge in [0.2, 0.25) is 0 Å². The normalized spacial score (nSPS) is 16.5. The van der Waals surface area contributed by atoms with E-state index in [4.69, 9.17) is 5.41 Å². The first-order chi connectivity index (χ1) is 17.5. The number of likely N-dealkylation sites (N-methyl/N-ethyl adjacent to an activating group) is 1. The minimum Gasteiger partial charge on any atom is -0.378 e. The lowest BCUT2D eigenvalue weighted by Crippen LogP contribution is -2.46. The molecule has 7 heteroatoms. The molecule has 4 N–H and O–H groups in total. The second-order valence-corrected chi connectivity index (χ2v) is 10.00. The van der Waals surface area contributed by atoms with Crippen LogP contribution in [0.2, 0.25) is 0 Å².